The number of hydrogen-bond acceptors (Lipinski definition) is 5. The SMILES string of the molecule is COc1cc(/C=C(/C#N)c2cccc([N+](=O)[O-])c2)c(Br)cc1OCc1ccccc1. The Kier molecular flexibility index (Phi) is 6.83. The molecule has 6 nitrogen and oxygen atoms in total. The van der Waals surface area contributed by atoms with Gasteiger partial charge in [-0.2, -0.15) is 5.26 Å². The van der Waals surface area contributed by atoms with Crippen LogP contribution in [0.3, 0.4) is 0 Å². The Balaban J connectivity index is 1.92. The summed E-state index contributed by atoms with van der Waals surface area (Å²) >= 11 is 3.51. The molecule has 0 amide bonds. The second kappa shape index (κ2) is 9.72. The lowest BCUT2D eigenvalue weighted by atomic mass is 10.0. The Morgan fingerprint density at radius 2 is 1.90 bits per heavy atom. The normalized spacial score (nSPS) is 10.9. The molecule has 0 aliphatic heterocycles. The number of nitrogens with zero attached hydrogens (tertiary/aromatic N) is 2. The molecule has 0 saturated carbocycles. The van der Waals surface area contributed by atoms with Crippen LogP contribution < -0.4 is 9.47 Å². The summed E-state index contributed by atoms with van der Waals surface area (Å²) in [5.41, 5.74) is 2.38. The van der Waals surface area contributed by atoms with Crippen LogP contribution in [0.1, 0.15) is 16.7 Å². The number of allylic oxidation sites excluding steroid dienone is 1. The fourth-order valence-electron chi connectivity index (χ4n) is 2.79. The van der Waals surface area contributed by atoms with Crippen LogP contribution in [0.2, 0.25) is 0 Å². The van der Waals surface area contributed by atoms with Crippen molar-refractivity contribution in [3.05, 3.63) is 98.0 Å². The van der Waals surface area contributed by atoms with E-state index < -0.39 is 4.92 Å². The first-order valence-corrected chi connectivity index (χ1v) is 9.72. The zero-order valence-corrected chi connectivity index (χ0v) is 17.6. The monoisotopic (exact) mass is 464 g/mol. The van der Waals surface area contributed by atoms with Crippen LogP contribution in [0.25, 0.3) is 11.6 Å². The van der Waals surface area contributed by atoms with Crippen LogP contribution in [-0.4, -0.2) is 12.0 Å². The van der Waals surface area contributed by atoms with E-state index in [1.165, 1.54) is 19.2 Å². The number of halogens is 1. The van der Waals surface area contributed by atoms with E-state index in [-0.39, 0.29) is 5.69 Å². The standard InChI is InChI=1S/C23H17BrN2O4/c1-29-22-12-18(10-19(14-25)17-8-5-9-20(11-17)26(27)28)21(24)13-23(22)30-15-16-6-3-2-4-7-16/h2-13H,15H2,1H3/b19-10-. The number of nitro benzene ring substituents is 1. The van der Waals surface area contributed by atoms with E-state index in [1.807, 2.05) is 30.3 Å². The average Bonchev–Trinajstić information content (AvgIpc) is 2.77. The van der Waals surface area contributed by atoms with Crippen LogP contribution >= 0.6 is 15.9 Å². The maximum atomic E-state index is 11.0. The molecule has 0 saturated heterocycles. The summed E-state index contributed by atoms with van der Waals surface area (Å²) in [7, 11) is 1.54. The molecular formula is C23H17BrN2O4. The predicted molar refractivity (Wildman–Crippen MR) is 118 cm³/mol. The summed E-state index contributed by atoms with van der Waals surface area (Å²) in [5, 5.41) is 20.6. The van der Waals surface area contributed by atoms with Crippen LogP contribution in [0, 0.1) is 21.4 Å². The third-order valence-electron chi connectivity index (χ3n) is 4.31. The molecule has 0 N–H and O–H groups in total. The van der Waals surface area contributed by atoms with E-state index >= 15 is 0 Å². The molecule has 0 aromatic heterocycles. The molecule has 150 valence electrons. The van der Waals surface area contributed by atoms with Crippen molar-refractivity contribution < 1.29 is 14.4 Å². The number of non-ortho nitro benzene ring substituents is 1. The molecule has 0 unspecified atom stereocenters. The quantitative estimate of drug-likeness (QED) is 0.185. The molecule has 0 aliphatic rings. The van der Waals surface area contributed by atoms with Gasteiger partial charge in [-0.25, -0.2) is 0 Å². The van der Waals surface area contributed by atoms with Crippen molar-refractivity contribution in [1.82, 2.24) is 0 Å². The van der Waals surface area contributed by atoms with Crippen molar-refractivity contribution in [2.24, 2.45) is 0 Å². The van der Waals surface area contributed by atoms with Crippen LogP contribution in [0.15, 0.2) is 71.2 Å². The van der Waals surface area contributed by atoms with Crippen molar-refractivity contribution in [3.8, 4) is 17.6 Å². The van der Waals surface area contributed by atoms with Gasteiger partial charge in [0, 0.05) is 16.6 Å². The topological polar surface area (TPSA) is 85.4 Å². The smallest absolute Gasteiger partial charge is 0.270 e. The molecule has 3 aromatic rings. The molecule has 0 spiro atoms. The third-order valence-corrected chi connectivity index (χ3v) is 5.00. The molecule has 0 fully saturated rings. The lowest BCUT2D eigenvalue weighted by Crippen LogP contribution is -1.98. The number of ether oxygens (including phenoxy) is 2. The van der Waals surface area contributed by atoms with Gasteiger partial charge in [-0.05, 0) is 34.9 Å². The molecule has 7 heteroatoms. The summed E-state index contributed by atoms with van der Waals surface area (Å²) in [5.74, 6) is 1.07. The van der Waals surface area contributed by atoms with E-state index in [9.17, 15) is 15.4 Å². The Bertz CT molecular complexity index is 1140. The first-order chi connectivity index (χ1) is 14.5. The van der Waals surface area contributed by atoms with E-state index in [1.54, 1.807) is 30.3 Å². The highest BCUT2D eigenvalue weighted by atomic mass is 79.9. The van der Waals surface area contributed by atoms with Gasteiger partial charge in [0.1, 0.15) is 6.61 Å². The summed E-state index contributed by atoms with van der Waals surface area (Å²) in [6.07, 6.45) is 1.65. The average molecular weight is 465 g/mol. The van der Waals surface area contributed by atoms with E-state index in [4.69, 9.17) is 9.47 Å². The van der Waals surface area contributed by atoms with Crippen molar-refractivity contribution in [1.29, 1.82) is 5.26 Å². The van der Waals surface area contributed by atoms with Gasteiger partial charge >= 0.3 is 0 Å². The predicted octanol–water partition coefficient (Wildman–Crippen LogP) is 6.01. The minimum atomic E-state index is -0.490. The third kappa shape index (κ3) is 5.04. The molecule has 0 heterocycles. The highest BCUT2D eigenvalue weighted by molar-refractivity contribution is 9.10. The number of methoxy groups -OCH3 is 1. The first kappa shape index (κ1) is 21.1. The summed E-state index contributed by atoms with van der Waals surface area (Å²) < 4.78 is 12.0. The van der Waals surface area contributed by atoms with E-state index in [2.05, 4.69) is 22.0 Å². The highest BCUT2D eigenvalue weighted by Gasteiger charge is 2.13. The van der Waals surface area contributed by atoms with Crippen molar-refractivity contribution >= 4 is 33.3 Å². The molecule has 30 heavy (non-hydrogen) atoms. The number of hydrogen-bond donors (Lipinski definition) is 0. The maximum Gasteiger partial charge on any atom is 0.270 e. The molecule has 3 aromatic carbocycles. The van der Waals surface area contributed by atoms with Crippen LogP contribution in [0.5, 0.6) is 11.5 Å². The highest BCUT2D eigenvalue weighted by Crippen LogP contribution is 2.36. The van der Waals surface area contributed by atoms with Gasteiger partial charge in [0.25, 0.3) is 5.69 Å². The van der Waals surface area contributed by atoms with Gasteiger partial charge in [-0.1, -0.05) is 58.4 Å². The van der Waals surface area contributed by atoms with Gasteiger partial charge in [-0.3, -0.25) is 10.1 Å². The lowest BCUT2D eigenvalue weighted by Gasteiger charge is -2.13. The second-order valence-corrected chi connectivity index (χ2v) is 7.13. The Morgan fingerprint density at radius 3 is 2.57 bits per heavy atom. The summed E-state index contributed by atoms with van der Waals surface area (Å²) in [4.78, 5) is 10.5. The largest absolute Gasteiger partial charge is 0.493 e. The van der Waals surface area contributed by atoms with Gasteiger partial charge in [0.05, 0.1) is 23.7 Å². The van der Waals surface area contributed by atoms with E-state index in [0.717, 1.165) is 5.56 Å². The van der Waals surface area contributed by atoms with Crippen molar-refractivity contribution in [3.63, 3.8) is 0 Å². The lowest BCUT2D eigenvalue weighted by molar-refractivity contribution is -0.384. The van der Waals surface area contributed by atoms with Gasteiger partial charge < -0.3 is 9.47 Å². The molecule has 0 bridgehead atoms. The van der Waals surface area contributed by atoms with Gasteiger partial charge in [0.15, 0.2) is 11.5 Å². The number of benzene rings is 3. The van der Waals surface area contributed by atoms with Crippen LogP contribution in [0.4, 0.5) is 5.69 Å². The molecule has 3 rings (SSSR count). The van der Waals surface area contributed by atoms with Crippen molar-refractivity contribution in [2.45, 2.75) is 6.61 Å². The number of nitro groups is 1. The minimum Gasteiger partial charge on any atom is -0.493 e. The van der Waals surface area contributed by atoms with Crippen LogP contribution in [-0.2, 0) is 6.61 Å². The molecular weight excluding hydrogens is 448 g/mol. The second-order valence-electron chi connectivity index (χ2n) is 6.28. The Hall–Kier alpha value is -3.63. The molecule has 0 aliphatic carbocycles. The zero-order valence-electron chi connectivity index (χ0n) is 16.0. The molecule has 0 atom stereocenters. The molecule has 0 radical (unpaired) electrons. The van der Waals surface area contributed by atoms with E-state index in [0.29, 0.717) is 39.3 Å². The summed E-state index contributed by atoms with van der Waals surface area (Å²) in [6, 6.07) is 21.4. The number of nitriles is 1. The summed E-state index contributed by atoms with van der Waals surface area (Å²) in [6.45, 7) is 0.385. The maximum absolute atomic E-state index is 11.0. The first-order valence-electron chi connectivity index (χ1n) is 8.92. The van der Waals surface area contributed by atoms with Crippen molar-refractivity contribution in [2.75, 3.05) is 7.11 Å². The Morgan fingerprint density at radius 1 is 1.13 bits per heavy atom. The van der Waals surface area contributed by atoms with Gasteiger partial charge in [0.2, 0.25) is 0 Å². The Labute approximate surface area is 182 Å². The zero-order chi connectivity index (χ0) is 21.5. The fourth-order valence-corrected chi connectivity index (χ4v) is 3.23. The minimum absolute atomic E-state index is 0.0741. The van der Waals surface area contributed by atoms with Gasteiger partial charge in [-0.15, -0.1) is 0 Å². The fraction of sp³-hybridized carbons (Fsp3) is 0.0870. The number of rotatable bonds is 7.